The molecule has 1 unspecified atom stereocenters. The van der Waals surface area contributed by atoms with Crippen molar-refractivity contribution in [2.45, 2.75) is 19.1 Å². The van der Waals surface area contributed by atoms with Gasteiger partial charge in [0, 0.05) is 39.3 Å². The molecule has 3 rings (SSSR count). The van der Waals surface area contributed by atoms with E-state index in [1.54, 1.807) is 0 Å². The van der Waals surface area contributed by atoms with Crippen molar-refractivity contribution in [3.05, 3.63) is 35.6 Å². The predicted molar refractivity (Wildman–Crippen MR) is 83.3 cm³/mol. The van der Waals surface area contributed by atoms with E-state index in [-0.39, 0.29) is 11.9 Å². The molecular weight excluding hydrogens is 283 g/mol. The lowest BCUT2D eigenvalue weighted by Crippen LogP contribution is -2.47. The normalized spacial score (nSPS) is 24.5. The Kier molecular flexibility index (Phi) is 5.78. The SMILES string of the molecule is Fc1ccc(CN2CCN(CCC3COCCO3)CC2)cc1. The van der Waals surface area contributed by atoms with E-state index in [0.717, 1.165) is 65.5 Å². The van der Waals surface area contributed by atoms with Crippen molar-refractivity contribution in [3.63, 3.8) is 0 Å². The summed E-state index contributed by atoms with van der Waals surface area (Å²) >= 11 is 0. The Hall–Kier alpha value is -1.01. The van der Waals surface area contributed by atoms with Gasteiger partial charge in [-0.25, -0.2) is 4.39 Å². The lowest BCUT2D eigenvalue weighted by Gasteiger charge is -2.35. The third-order valence-corrected chi connectivity index (χ3v) is 4.44. The van der Waals surface area contributed by atoms with Crippen molar-refractivity contribution < 1.29 is 13.9 Å². The van der Waals surface area contributed by atoms with Gasteiger partial charge in [-0.15, -0.1) is 0 Å². The number of rotatable bonds is 5. The molecule has 2 aliphatic heterocycles. The zero-order valence-electron chi connectivity index (χ0n) is 13.0. The highest BCUT2D eigenvalue weighted by molar-refractivity contribution is 5.15. The second-order valence-electron chi connectivity index (χ2n) is 6.10. The van der Waals surface area contributed by atoms with Crippen LogP contribution in [0, 0.1) is 5.82 Å². The second kappa shape index (κ2) is 8.02. The first-order chi connectivity index (χ1) is 10.8. The van der Waals surface area contributed by atoms with Crippen molar-refractivity contribution in [3.8, 4) is 0 Å². The Morgan fingerprint density at radius 3 is 2.41 bits per heavy atom. The lowest BCUT2D eigenvalue weighted by atomic mass is 10.2. The van der Waals surface area contributed by atoms with Crippen LogP contribution in [0.4, 0.5) is 4.39 Å². The van der Waals surface area contributed by atoms with Gasteiger partial charge in [-0.1, -0.05) is 12.1 Å². The van der Waals surface area contributed by atoms with Crippen LogP contribution >= 0.6 is 0 Å². The molecule has 0 aromatic heterocycles. The quantitative estimate of drug-likeness (QED) is 0.827. The summed E-state index contributed by atoms with van der Waals surface area (Å²) in [7, 11) is 0. The summed E-state index contributed by atoms with van der Waals surface area (Å²) in [5, 5.41) is 0. The van der Waals surface area contributed by atoms with Crippen LogP contribution in [0.1, 0.15) is 12.0 Å². The fourth-order valence-corrected chi connectivity index (χ4v) is 3.05. The van der Waals surface area contributed by atoms with E-state index < -0.39 is 0 Å². The molecule has 4 nitrogen and oxygen atoms in total. The van der Waals surface area contributed by atoms with Crippen LogP contribution in [0.5, 0.6) is 0 Å². The van der Waals surface area contributed by atoms with Crippen LogP contribution in [-0.2, 0) is 16.0 Å². The summed E-state index contributed by atoms with van der Waals surface area (Å²) in [6, 6.07) is 6.83. The molecule has 0 spiro atoms. The molecule has 5 heteroatoms. The van der Waals surface area contributed by atoms with E-state index >= 15 is 0 Å². The Labute approximate surface area is 131 Å². The van der Waals surface area contributed by atoms with Gasteiger partial charge in [0.05, 0.1) is 25.9 Å². The summed E-state index contributed by atoms with van der Waals surface area (Å²) < 4.78 is 24.0. The summed E-state index contributed by atoms with van der Waals surface area (Å²) in [4.78, 5) is 4.93. The van der Waals surface area contributed by atoms with E-state index in [4.69, 9.17) is 9.47 Å². The minimum absolute atomic E-state index is 0.164. The number of piperazine rings is 1. The fourth-order valence-electron chi connectivity index (χ4n) is 3.05. The first kappa shape index (κ1) is 15.9. The molecule has 1 aromatic carbocycles. The van der Waals surface area contributed by atoms with Crippen molar-refractivity contribution in [1.82, 2.24) is 9.80 Å². The Morgan fingerprint density at radius 2 is 1.73 bits per heavy atom. The number of nitrogens with zero attached hydrogens (tertiary/aromatic N) is 2. The molecule has 0 amide bonds. The zero-order chi connectivity index (χ0) is 15.2. The highest BCUT2D eigenvalue weighted by Gasteiger charge is 2.19. The van der Waals surface area contributed by atoms with E-state index in [1.807, 2.05) is 12.1 Å². The Bertz CT molecular complexity index is 440. The number of ether oxygens (including phenoxy) is 2. The summed E-state index contributed by atoms with van der Waals surface area (Å²) in [6.45, 7) is 8.52. The predicted octanol–water partition coefficient (Wildman–Crippen LogP) is 1.75. The number of halogens is 1. The Morgan fingerprint density at radius 1 is 1.00 bits per heavy atom. The molecule has 2 heterocycles. The number of hydrogen-bond donors (Lipinski definition) is 0. The third kappa shape index (κ3) is 4.74. The first-order valence-electron chi connectivity index (χ1n) is 8.18. The van der Waals surface area contributed by atoms with Gasteiger partial charge in [-0.3, -0.25) is 4.90 Å². The van der Waals surface area contributed by atoms with Gasteiger partial charge in [0.1, 0.15) is 5.82 Å². The maximum atomic E-state index is 12.9. The molecule has 0 saturated carbocycles. The second-order valence-corrected chi connectivity index (χ2v) is 6.10. The van der Waals surface area contributed by atoms with E-state index in [1.165, 1.54) is 17.7 Å². The van der Waals surface area contributed by atoms with Crippen LogP contribution in [0.3, 0.4) is 0 Å². The number of benzene rings is 1. The van der Waals surface area contributed by atoms with Crippen LogP contribution in [0.15, 0.2) is 24.3 Å². The van der Waals surface area contributed by atoms with Gasteiger partial charge in [-0.2, -0.15) is 0 Å². The maximum absolute atomic E-state index is 12.9. The van der Waals surface area contributed by atoms with E-state index in [9.17, 15) is 4.39 Å². The molecular formula is C17H25FN2O2. The molecule has 0 N–H and O–H groups in total. The van der Waals surface area contributed by atoms with Crippen LogP contribution in [0.25, 0.3) is 0 Å². The summed E-state index contributed by atoms with van der Waals surface area (Å²) in [5.41, 5.74) is 1.18. The molecule has 0 bridgehead atoms. The van der Waals surface area contributed by atoms with Crippen molar-refractivity contribution >= 4 is 0 Å². The standard InChI is InChI=1S/C17H25FN2O2/c18-16-3-1-15(2-4-16)13-20-9-7-19(8-10-20)6-5-17-14-21-11-12-22-17/h1-4,17H,5-14H2. The fraction of sp³-hybridized carbons (Fsp3) is 0.647. The van der Waals surface area contributed by atoms with Gasteiger partial charge >= 0.3 is 0 Å². The van der Waals surface area contributed by atoms with E-state index in [0.29, 0.717) is 0 Å². The zero-order valence-corrected chi connectivity index (χ0v) is 13.0. The minimum Gasteiger partial charge on any atom is -0.376 e. The first-order valence-corrected chi connectivity index (χ1v) is 8.18. The van der Waals surface area contributed by atoms with Crippen molar-refractivity contribution in [2.75, 3.05) is 52.5 Å². The molecule has 0 radical (unpaired) electrons. The highest BCUT2D eigenvalue weighted by Crippen LogP contribution is 2.11. The smallest absolute Gasteiger partial charge is 0.123 e. The monoisotopic (exact) mass is 308 g/mol. The van der Waals surface area contributed by atoms with Gasteiger partial charge in [0.25, 0.3) is 0 Å². The van der Waals surface area contributed by atoms with Crippen LogP contribution in [-0.4, -0.2) is 68.4 Å². The molecule has 1 aromatic rings. The largest absolute Gasteiger partial charge is 0.376 e. The van der Waals surface area contributed by atoms with Crippen molar-refractivity contribution in [1.29, 1.82) is 0 Å². The molecule has 2 saturated heterocycles. The van der Waals surface area contributed by atoms with Gasteiger partial charge in [-0.05, 0) is 24.1 Å². The van der Waals surface area contributed by atoms with Crippen LogP contribution < -0.4 is 0 Å². The summed E-state index contributed by atoms with van der Waals surface area (Å²) in [5.74, 6) is -0.164. The molecule has 0 aliphatic carbocycles. The van der Waals surface area contributed by atoms with E-state index in [2.05, 4.69) is 9.80 Å². The molecule has 1 atom stereocenters. The topological polar surface area (TPSA) is 24.9 Å². The summed E-state index contributed by atoms with van der Waals surface area (Å²) in [6.07, 6.45) is 1.32. The molecule has 2 aliphatic rings. The van der Waals surface area contributed by atoms with Crippen molar-refractivity contribution in [2.24, 2.45) is 0 Å². The Balaban J connectivity index is 1.36. The maximum Gasteiger partial charge on any atom is 0.123 e. The third-order valence-electron chi connectivity index (χ3n) is 4.44. The lowest BCUT2D eigenvalue weighted by molar-refractivity contribution is -0.0933. The highest BCUT2D eigenvalue weighted by atomic mass is 19.1. The number of hydrogen-bond acceptors (Lipinski definition) is 4. The van der Waals surface area contributed by atoms with Gasteiger partial charge in [0.15, 0.2) is 0 Å². The molecule has 22 heavy (non-hydrogen) atoms. The van der Waals surface area contributed by atoms with Gasteiger partial charge < -0.3 is 14.4 Å². The average Bonchev–Trinajstić information content (AvgIpc) is 2.57. The molecule has 2 fully saturated rings. The minimum atomic E-state index is -0.164. The van der Waals surface area contributed by atoms with Gasteiger partial charge in [0.2, 0.25) is 0 Å². The van der Waals surface area contributed by atoms with Crippen LogP contribution in [0.2, 0.25) is 0 Å². The molecule has 122 valence electrons. The average molecular weight is 308 g/mol.